The van der Waals surface area contributed by atoms with Gasteiger partial charge >= 0.3 is 21.1 Å². The van der Waals surface area contributed by atoms with E-state index in [-0.39, 0.29) is 21.1 Å². The summed E-state index contributed by atoms with van der Waals surface area (Å²) in [5, 5.41) is 16.8. The minimum absolute atomic E-state index is 0. The molecule has 0 N–H and O–H groups in total. The zero-order chi connectivity index (χ0) is 24.8. The second-order valence-corrected chi connectivity index (χ2v) is 8.91. The fourth-order valence-corrected chi connectivity index (χ4v) is 3.59. The van der Waals surface area contributed by atoms with Crippen molar-refractivity contribution < 1.29 is 21.1 Å². The van der Waals surface area contributed by atoms with E-state index in [9.17, 15) is 0 Å². The Morgan fingerprint density at radius 2 is 1.03 bits per heavy atom. The van der Waals surface area contributed by atoms with Crippen molar-refractivity contribution in [2.45, 2.75) is 80.1 Å². The van der Waals surface area contributed by atoms with E-state index < -0.39 is 0 Å². The quantitative estimate of drug-likeness (QED) is 0.287. The van der Waals surface area contributed by atoms with Crippen molar-refractivity contribution in [3.63, 3.8) is 0 Å². The number of rotatable bonds is 6. The average Bonchev–Trinajstić information content (AvgIpc) is 3.41. The summed E-state index contributed by atoms with van der Waals surface area (Å²) in [6.07, 6.45) is 5.01. The number of hydrogen-bond acceptors (Lipinski definition) is 6. The van der Waals surface area contributed by atoms with E-state index >= 15 is 0 Å². The molecule has 0 aliphatic rings. The fraction of sp³-hybridized carbons (Fsp3) is 0.462. The molecule has 4 rings (SSSR count). The number of nitrogens with zero attached hydrogens (tertiary/aromatic N) is 8. The van der Waals surface area contributed by atoms with Crippen LogP contribution in [0.5, 0.6) is 0 Å². The van der Waals surface area contributed by atoms with E-state index in [4.69, 9.17) is 0 Å². The molecule has 0 aliphatic carbocycles. The first-order chi connectivity index (χ1) is 16.3. The molecule has 35 heavy (non-hydrogen) atoms. The Balaban J connectivity index is 0.000000240. The first-order valence-corrected chi connectivity index (χ1v) is 11.9. The molecule has 0 radical (unpaired) electrons. The summed E-state index contributed by atoms with van der Waals surface area (Å²) in [5.41, 5.74) is 9.92. The smallest absolute Gasteiger partial charge is 0.573 e. The summed E-state index contributed by atoms with van der Waals surface area (Å²) in [5.74, 6) is 0.788. The summed E-state index contributed by atoms with van der Waals surface area (Å²) in [4.78, 5) is 17.1. The summed E-state index contributed by atoms with van der Waals surface area (Å²) < 4.78 is 0. The van der Waals surface area contributed by atoms with Crippen molar-refractivity contribution in [3.05, 3.63) is 58.7 Å². The van der Waals surface area contributed by atoms with Gasteiger partial charge < -0.3 is 20.4 Å². The first kappa shape index (κ1) is 28.5. The molecule has 8 nitrogen and oxygen atoms in total. The van der Waals surface area contributed by atoms with Crippen LogP contribution in [-0.4, -0.2) is 30.1 Å². The number of aryl methyl sites for hydroxylation is 2. The van der Waals surface area contributed by atoms with Crippen LogP contribution in [0.15, 0.2) is 24.8 Å². The molecule has 4 heterocycles. The molecular weight excluding hydrogens is 619 g/mol. The summed E-state index contributed by atoms with van der Waals surface area (Å²) in [6, 6.07) is 4.00. The summed E-state index contributed by atoms with van der Waals surface area (Å²) >= 11 is 0. The molecule has 0 unspecified atom stereocenters. The van der Waals surface area contributed by atoms with Crippen LogP contribution in [0, 0.1) is 13.8 Å². The Kier molecular flexibility index (Phi) is 10.4. The van der Waals surface area contributed by atoms with Crippen molar-refractivity contribution in [3.8, 4) is 22.8 Å². The standard InChI is InChI=1S/2C13H17N4.Pt/c2*1-5-10-9(4)13(17-16-10)12-6-11(8(2)3)14-7-15-12;/h2*6-8H,5H2,1-4H3;/q2*-1;+2. The van der Waals surface area contributed by atoms with Gasteiger partial charge in [-0.25, -0.2) is 19.9 Å². The maximum atomic E-state index is 4.29. The van der Waals surface area contributed by atoms with Crippen molar-refractivity contribution in [2.24, 2.45) is 0 Å². The molecule has 0 aliphatic heterocycles. The van der Waals surface area contributed by atoms with E-state index in [1.807, 2.05) is 26.0 Å². The van der Waals surface area contributed by atoms with Crippen molar-refractivity contribution >= 4 is 0 Å². The Morgan fingerprint density at radius 1 is 0.657 bits per heavy atom. The van der Waals surface area contributed by atoms with Crippen molar-refractivity contribution in [1.82, 2.24) is 40.3 Å². The van der Waals surface area contributed by atoms with Crippen LogP contribution in [0.2, 0.25) is 0 Å². The first-order valence-electron chi connectivity index (χ1n) is 11.9. The van der Waals surface area contributed by atoms with Crippen molar-refractivity contribution in [2.75, 3.05) is 0 Å². The van der Waals surface area contributed by atoms with Crippen LogP contribution in [0.4, 0.5) is 0 Å². The van der Waals surface area contributed by atoms with Gasteiger partial charge in [0.15, 0.2) is 0 Å². The van der Waals surface area contributed by atoms with Crippen LogP contribution in [0.25, 0.3) is 22.8 Å². The molecule has 0 amide bonds. The van der Waals surface area contributed by atoms with Gasteiger partial charge in [0.1, 0.15) is 12.7 Å². The second kappa shape index (κ2) is 12.8. The van der Waals surface area contributed by atoms with Gasteiger partial charge in [-0.3, -0.25) is 0 Å². The fourth-order valence-electron chi connectivity index (χ4n) is 3.59. The molecule has 0 saturated carbocycles. The van der Waals surface area contributed by atoms with E-state index in [2.05, 4.69) is 81.9 Å². The normalized spacial score (nSPS) is 10.8. The second-order valence-electron chi connectivity index (χ2n) is 8.91. The Morgan fingerprint density at radius 3 is 1.31 bits per heavy atom. The van der Waals surface area contributed by atoms with E-state index in [1.165, 1.54) is 0 Å². The Hall–Kier alpha value is -2.73. The molecule has 0 saturated heterocycles. The molecule has 0 bridgehead atoms. The third-order valence-corrected chi connectivity index (χ3v) is 5.83. The van der Waals surface area contributed by atoms with Gasteiger partial charge in [0.25, 0.3) is 0 Å². The van der Waals surface area contributed by atoms with Crippen LogP contribution in [0.1, 0.15) is 87.3 Å². The molecular formula is C26H34N8Pt. The molecule has 4 aromatic heterocycles. The van der Waals surface area contributed by atoms with Gasteiger partial charge in [-0.1, -0.05) is 52.9 Å². The van der Waals surface area contributed by atoms with Gasteiger partial charge in [0.05, 0.1) is 11.4 Å². The number of hydrogen-bond donors (Lipinski definition) is 0. The zero-order valence-electron chi connectivity index (χ0n) is 21.8. The maximum Gasteiger partial charge on any atom is 2.00 e. The van der Waals surface area contributed by atoms with Crippen LogP contribution < -0.4 is 10.2 Å². The Bertz CT molecular complexity index is 1130. The van der Waals surface area contributed by atoms with Crippen molar-refractivity contribution in [1.29, 1.82) is 0 Å². The van der Waals surface area contributed by atoms with Crippen LogP contribution in [0.3, 0.4) is 0 Å². The molecule has 0 spiro atoms. The maximum absolute atomic E-state index is 4.29. The monoisotopic (exact) mass is 653 g/mol. The summed E-state index contributed by atoms with van der Waals surface area (Å²) in [6.45, 7) is 16.7. The third-order valence-electron chi connectivity index (χ3n) is 5.83. The average molecular weight is 654 g/mol. The molecule has 9 heteroatoms. The molecule has 0 atom stereocenters. The zero-order valence-corrected chi connectivity index (χ0v) is 24.0. The molecule has 0 aromatic carbocycles. The molecule has 0 fully saturated rings. The van der Waals surface area contributed by atoms with Gasteiger partial charge in [0, 0.05) is 22.8 Å². The van der Waals surface area contributed by atoms with E-state index in [1.54, 1.807) is 12.7 Å². The predicted molar refractivity (Wildman–Crippen MR) is 134 cm³/mol. The number of aromatic nitrogens is 8. The minimum Gasteiger partial charge on any atom is -0.573 e. The molecule has 188 valence electrons. The van der Waals surface area contributed by atoms with E-state index in [0.717, 1.165) is 69.5 Å². The Labute approximate surface area is 222 Å². The van der Waals surface area contributed by atoms with Gasteiger partial charge in [-0.15, -0.1) is 0 Å². The van der Waals surface area contributed by atoms with Crippen LogP contribution >= 0.6 is 0 Å². The van der Waals surface area contributed by atoms with Gasteiger partial charge in [-0.05, 0) is 61.8 Å². The van der Waals surface area contributed by atoms with E-state index in [0.29, 0.717) is 11.8 Å². The minimum atomic E-state index is 0. The van der Waals surface area contributed by atoms with Gasteiger partial charge in [0.2, 0.25) is 0 Å². The topological polar surface area (TPSA) is 106 Å². The van der Waals surface area contributed by atoms with Gasteiger partial charge in [-0.2, -0.15) is 0 Å². The predicted octanol–water partition coefficient (Wildman–Crippen LogP) is 4.98. The SMILES string of the molecule is CCc1n[n-]c(-c2cc(C(C)C)ncn2)c1C.CCc1n[n-]c(-c2cc(C(C)C)ncn2)c1C.[Pt+2]. The van der Waals surface area contributed by atoms with Crippen LogP contribution in [-0.2, 0) is 33.9 Å². The summed E-state index contributed by atoms with van der Waals surface area (Å²) in [7, 11) is 0. The third kappa shape index (κ3) is 6.69. The largest absolute Gasteiger partial charge is 2.00 e. The molecule has 4 aromatic rings.